The number of nitrogens with zero attached hydrogens (tertiary/aromatic N) is 3. The van der Waals surface area contributed by atoms with E-state index in [-0.39, 0.29) is 5.91 Å². The van der Waals surface area contributed by atoms with Gasteiger partial charge in [0, 0.05) is 12.1 Å². The Morgan fingerprint density at radius 1 is 1.22 bits per heavy atom. The highest BCUT2D eigenvalue weighted by Crippen LogP contribution is 2.24. The van der Waals surface area contributed by atoms with Gasteiger partial charge in [-0.05, 0) is 25.1 Å². The smallest absolute Gasteiger partial charge is 0.271 e. The Bertz CT molecular complexity index is 812. The van der Waals surface area contributed by atoms with Gasteiger partial charge in [0.1, 0.15) is 5.15 Å². The molecule has 0 aliphatic heterocycles. The Balaban J connectivity index is 2.12. The number of carbonyl (C=O) groups is 1. The van der Waals surface area contributed by atoms with Crippen molar-refractivity contribution in [1.82, 2.24) is 20.1 Å². The van der Waals surface area contributed by atoms with Gasteiger partial charge >= 0.3 is 0 Å². The summed E-state index contributed by atoms with van der Waals surface area (Å²) in [6.07, 6.45) is 1.63. The fourth-order valence-corrected chi connectivity index (χ4v) is 2.36. The summed E-state index contributed by atoms with van der Waals surface area (Å²) in [7, 11) is 0. The number of rotatable bonds is 4. The minimum absolute atomic E-state index is 0.203. The molecule has 3 rings (SSSR count). The molecule has 0 atom stereocenters. The van der Waals surface area contributed by atoms with E-state index in [1.807, 2.05) is 43.3 Å². The molecule has 0 spiro atoms. The second kappa shape index (κ2) is 6.62. The minimum Gasteiger partial charge on any atom is -0.351 e. The topological polar surface area (TPSA) is 59.8 Å². The SMILES string of the molecule is CCNC(=O)c1cc(-c2ccccc2)n(-c2ccc(Cl)nc2)n1. The number of pyridine rings is 1. The molecule has 2 aromatic heterocycles. The van der Waals surface area contributed by atoms with Crippen LogP contribution in [-0.4, -0.2) is 27.2 Å². The van der Waals surface area contributed by atoms with Crippen LogP contribution in [0.3, 0.4) is 0 Å². The van der Waals surface area contributed by atoms with E-state index in [0.717, 1.165) is 16.9 Å². The standard InChI is InChI=1S/C17H15ClN4O/c1-2-19-17(23)14-10-15(12-6-4-3-5-7-12)22(21-14)13-8-9-16(18)20-11-13/h3-11H,2H2,1H3,(H,19,23). The first-order valence-corrected chi connectivity index (χ1v) is 7.62. The maximum atomic E-state index is 12.1. The van der Waals surface area contributed by atoms with Gasteiger partial charge in [-0.25, -0.2) is 9.67 Å². The molecule has 0 aliphatic carbocycles. The highest BCUT2D eigenvalue weighted by atomic mass is 35.5. The number of halogens is 1. The van der Waals surface area contributed by atoms with Crippen molar-refractivity contribution in [3.05, 3.63) is 65.6 Å². The summed E-state index contributed by atoms with van der Waals surface area (Å²) < 4.78 is 1.70. The summed E-state index contributed by atoms with van der Waals surface area (Å²) in [4.78, 5) is 16.2. The summed E-state index contributed by atoms with van der Waals surface area (Å²) in [5.74, 6) is -0.203. The highest BCUT2D eigenvalue weighted by molar-refractivity contribution is 6.29. The molecule has 0 aliphatic rings. The van der Waals surface area contributed by atoms with E-state index in [9.17, 15) is 4.79 Å². The molecule has 1 aromatic carbocycles. The van der Waals surface area contributed by atoms with E-state index < -0.39 is 0 Å². The first kappa shape index (κ1) is 15.2. The fourth-order valence-electron chi connectivity index (χ4n) is 2.25. The molecule has 23 heavy (non-hydrogen) atoms. The van der Waals surface area contributed by atoms with Crippen molar-refractivity contribution in [2.75, 3.05) is 6.54 Å². The average Bonchev–Trinajstić information content (AvgIpc) is 3.02. The number of nitrogens with one attached hydrogen (secondary N) is 1. The molecule has 116 valence electrons. The number of benzene rings is 1. The van der Waals surface area contributed by atoms with Crippen LogP contribution in [0.2, 0.25) is 5.15 Å². The largest absolute Gasteiger partial charge is 0.351 e. The predicted octanol–water partition coefficient (Wildman–Crippen LogP) is 3.34. The monoisotopic (exact) mass is 326 g/mol. The van der Waals surface area contributed by atoms with Crippen LogP contribution in [0.15, 0.2) is 54.7 Å². The van der Waals surface area contributed by atoms with Crippen molar-refractivity contribution >= 4 is 17.5 Å². The number of hydrogen-bond acceptors (Lipinski definition) is 3. The van der Waals surface area contributed by atoms with Crippen LogP contribution in [0.5, 0.6) is 0 Å². The molecule has 2 heterocycles. The second-order valence-electron chi connectivity index (χ2n) is 4.89. The molecule has 0 saturated carbocycles. The Morgan fingerprint density at radius 3 is 2.65 bits per heavy atom. The quantitative estimate of drug-likeness (QED) is 0.748. The van der Waals surface area contributed by atoms with Crippen LogP contribution in [0.4, 0.5) is 0 Å². The van der Waals surface area contributed by atoms with Crippen LogP contribution in [0.25, 0.3) is 16.9 Å². The zero-order valence-corrected chi connectivity index (χ0v) is 13.3. The third-order valence-corrected chi connectivity index (χ3v) is 3.53. The lowest BCUT2D eigenvalue weighted by atomic mass is 10.1. The summed E-state index contributed by atoms with van der Waals surface area (Å²) in [6, 6.07) is 15.1. The Kier molecular flexibility index (Phi) is 4.39. The van der Waals surface area contributed by atoms with Crippen molar-refractivity contribution < 1.29 is 4.79 Å². The summed E-state index contributed by atoms with van der Waals surface area (Å²) in [5.41, 5.74) is 2.88. The van der Waals surface area contributed by atoms with Crippen LogP contribution >= 0.6 is 11.6 Å². The van der Waals surface area contributed by atoms with E-state index in [1.165, 1.54) is 0 Å². The van der Waals surface area contributed by atoms with E-state index in [0.29, 0.717) is 17.4 Å². The normalized spacial score (nSPS) is 10.5. The highest BCUT2D eigenvalue weighted by Gasteiger charge is 2.16. The van der Waals surface area contributed by atoms with Gasteiger partial charge in [-0.3, -0.25) is 4.79 Å². The van der Waals surface area contributed by atoms with Crippen LogP contribution in [0, 0.1) is 0 Å². The van der Waals surface area contributed by atoms with Gasteiger partial charge in [-0.15, -0.1) is 0 Å². The molecule has 3 aromatic rings. The van der Waals surface area contributed by atoms with Crippen LogP contribution in [0.1, 0.15) is 17.4 Å². The Morgan fingerprint density at radius 2 is 2.00 bits per heavy atom. The van der Waals surface area contributed by atoms with E-state index in [1.54, 1.807) is 23.0 Å². The third kappa shape index (κ3) is 3.24. The fraction of sp³-hybridized carbons (Fsp3) is 0.118. The lowest BCUT2D eigenvalue weighted by Gasteiger charge is -2.07. The van der Waals surface area contributed by atoms with Gasteiger partial charge in [-0.2, -0.15) is 5.10 Å². The molecule has 5 nitrogen and oxygen atoms in total. The summed E-state index contributed by atoms with van der Waals surface area (Å²) >= 11 is 5.85. The third-order valence-electron chi connectivity index (χ3n) is 3.31. The van der Waals surface area contributed by atoms with E-state index in [4.69, 9.17) is 11.6 Å². The Labute approximate surface area is 138 Å². The molecular formula is C17H15ClN4O. The van der Waals surface area contributed by atoms with Crippen molar-refractivity contribution in [1.29, 1.82) is 0 Å². The first-order chi connectivity index (χ1) is 11.2. The summed E-state index contributed by atoms with van der Waals surface area (Å²) in [6.45, 7) is 2.42. The maximum absolute atomic E-state index is 12.1. The van der Waals surface area contributed by atoms with Crippen LogP contribution in [-0.2, 0) is 0 Å². The molecule has 0 bridgehead atoms. The molecule has 0 fully saturated rings. The number of carbonyl (C=O) groups excluding carboxylic acids is 1. The predicted molar refractivity (Wildman–Crippen MR) is 89.8 cm³/mol. The van der Waals surface area contributed by atoms with Gasteiger partial charge < -0.3 is 5.32 Å². The minimum atomic E-state index is -0.203. The molecule has 0 radical (unpaired) electrons. The van der Waals surface area contributed by atoms with Crippen molar-refractivity contribution in [2.24, 2.45) is 0 Å². The Hall–Kier alpha value is -2.66. The van der Waals surface area contributed by atoms with Crippen molar-refractivity contribution in [2.45, 2.75) is 6.92 Å². The summed E-state index contributed by atoms with van der Waals surface area (Å²) in [5, 5.41) is 7.60. The molecule has 6 heteroatoms. The molecule has 1 amide bonds. The number of aromatic nitrogens is 3. The zero-order chi connectivity index (χ0) is 16.2. The lowest BCUT2D eigenvalue weighted by Crippen LogP contribution is -2.23. The van der Waals surface area contributed by atoms with Gasteiger partial charge in [0.05, 0.1) is 17.6 Å². The zero-order valence-electron chi connectivity index (χ0n) is 12.5. The molecular weight excluding hydrogens is 312 g/mol. The second-order valence-corrected chi connectivity index (χ2v) is 5.28. The van der Waals surface area contributed by atoms with E-state index in [2.05, 4.69) is 15.4 Å². The van der Waals surface area contributed by atoms with Crippen molar-refractivity contribution in [3.8, 4) is 16.9 Å². The van der Waals surface area contributed by atoms with Crippen molar-refractivity contribution in [3.63, 3.8) is 0 Å². The van der Waals surface area contributed by atoms with Gasteiger partial charge in [-0.1, -0.05) is 41.9 Å². The van der Waals surface area contributed by atoms with Crippen LogP contribution < -0.4 is 5.32 Å². The molecule has 1 N–H and O–H groups in total. The lowest BCUT2D eigenvalue weighted by molar-refractivity contribution is 0.0950. The molecule has 0 unspecified atom stereocenters. The van der Waals surface area contributed by atoms with Gasteiger partial charge in [0.15, 0.2) is 5.69 Å². The number of hydrogen-bond donors (Lipinski definition) is 1. The van der Waals surface area contributed by atoms with Gasteiger partial charge in [0.25, 0.3) is 5.91 Å². The number of amides is 1. The molecule has 0 saturated heterocycles. The maximum Gasteiger partial charge on any atom is 0.271 e. The first-order valence-electron chi connectivity index (χ1n) is 7.24. The van der Waals surface area contributed by atoms with E-state index >= 15 is 0 Å². The average molecular weight is 327 g/mol. The van der Waals surface area contributed by atoms with Gasteiger partial charge in [0.2, 0.25) is 0 Å².